The fraction of sp³-hybridized carbons (Fsp3) is 0. The molecule has 0 radical (unpaired) electrons. The number of halogens is 2. The second-order valence-corrected chi connectivity index (χ2v) is 3.90. The molecule has 0 aliphatic rings. The van der Waals surface area contributed by atoms with Crippen LogP contribution >= 0.6 is 22.6 Å². The van der Waals surface area contributed by atoms with E-state index in [-0.39, 0.29) is 5.82 Å². The number of nitrogen functional groups attached to an aromatic ring is 1. The van der Waals surface area contributed by atoms with Crippen molar-refractivity contribution in [3.63, 3.8) is 0 Å². The number of aromatic nitrogens is 1. The lowest BCUT2D eigenvalue weighted by atomic mass is 10.2. The molecule has 1 aromatic carbocycles. The highest BCUT2D eigenvalue weighted by Crippen LogP contribution is 2.26. The lowest BCUT2D eigenvalue weighted by molar-refractivity contribution is 0.435. The van der Waals surface area contributed by atoms with Crippen LogP contribution in [-0.2, 0) is 0 Å². The number of nitrogens with two attached hydrogens (primary N) is 1. The smallest absolute Gasteiger partial charge is 0.170 e. The van der Waals surface area contributed by atoms with Crippen molar-refractivity contribution in [3.05, 3.63) is 33.7 Å². The fourth-order valence-corrected chi connectivity index (χ4v) is 1.85. The van der Waals surface area contributed by atoms with Gasteiger partial charge in [-0.3, -0.25) is 0 Å². The lowest BCUT2D eigenvalue weighted by Gasteiger charge is -1.98. The summed E-state index contributed by atoms with van der Waals surface area (Å²) in [5.41, 5.74) is 6.20. The van der Waals surface area contributed by atoms with Crippen LogP contribution in [0.1, 0.15) is 0 Å². The summed E-state index contributed by atoms with van der Waals surface area (Å²) in [4.78, 5) is 0. The summed E-state index contributed by atoms with van der Waals surface area (Å²) in [5, 5.41) is 3.56. The van der Waals surface area contributed by atoms with Gasteiger partial charge in [0.05, 0.1) is 0 Å². The van der Waals surface area contributed by atoms with Gasteiger partial charge in [-0.25, -0.2) is 4.39 Å². The van der Waals surface area contributed by atoms with Crippen molar-refractivity contribution in [1.82, 2.24) is 5.16 Å². The summed E-state index contributed by atoms with van der Waals surface area (Å²) < 4.78 is 18.5. The van der Waals surface area contributed by atoms with Crippen LogP contribution in [0.5, 0.6) is 0 Å². The zero-order chi connectivity index (χ0) is 10.1. The SMILES string of the molecule is Nc1cc(-c2ccc(F)cc2I)on1. The summed E-state index contributed by atoms with van der Waals surface area (Å²) in [7, 11) is 0. The van der Waals surface area contributed by atoms with E-state index in [4.69, 9.17) is 10.3 Å². The Hall–Kier alpha value is -1.11. The van der Waals surface area contributed by atoms with E-state index in [9.17, 15) is 4.39 Å². The molecule has 0 aliphatic heterocycles. The maximum absolute atomic E-state index is 12.8. The average Bonchev–Trinajstić information content (AvgIpc) is 2.51. The first-order valence-corrected chi connectivity index (χ1v) is 4.92. The fourth-order valence-electron chi connectivity index (χ4n) is 1.11. The lowest BCUT2D eigenvalue weighted by Crippen LogP contribution is -1.83. The van der Waals surface area contributed by atoms with Gasteiger partial charge in [-0.05, 0) is 40.8 Å². The number of benzene rings is 1. The molecule has 0 aliphatic carbocycles. The van der Waals surface area contributed by atoms with E-state index in [0.29, 0.717) is 11.6 Å². The molecule has 72 valence electrons. The van der Waals surface area contributed by atoms with Crippen LogP contribution < -0.4 is 5.73 Å². The Bertz CT molecular complexity index is 470. The molecule has 2 N–H and O–H groups in total. The second-order valence-electron chi connectivity index (χ2n) is 2.74. The molecule has 0 spiro atoms. The minimum Gasteiger partial charge on any atom is -0.381 e. The Morgan fingerprint density at radius 1 is 1.36 bits per heavy atom. The summed E-state index contributed by atoms with van der Waals surface area (Å²) in [5.74, 6) is 0.595. The number of hydrogen-bond acceptors (Lipinski definition) is 3. The average molecular weight is 304 g/mol. The van der Waals surface area contributed by atoms with Crippen LogP contribution in [0.15, 0.2) is 28.8 Å². The predicted octanol–water partition coefficient (Wildman–Crippen LogP) is 2.67. The quantitative estimate of drug-likeness (QED) is 0.824. The maximum atomic E-state index is 12.8. The first-order valence-electron chi connectivity index (χ1n) is 3.84. The van der Waals surface area contributed by atoms with E-state index in [1.165, 1.54) is 12.1 Å². The molecule has 3 nitrogen and oxygen atoms in total. The molecule has 2 aromatic rings. The van der Waals surface area contributed by atoms with E-state index in [1.807, 2.05) is 22.6 Å². The van der Waals surface area contributed by atoms with Crippen molar-refractivity contribution in [2.45, 2.75) is 0 Å². The molecule has 0 bridgehead atoms. The molecule has 0 amide bonds. The van der Waals surface area contributed by atoms with Gasteiger partial charge in [0.25, 0.3) is 0 Å². The summed E-state index contributed by atoms with van der Waals surface area (Å²) >= 11 is 2.03. The molecule has 2 rings (SSSR count). The highest BCUT2D eigenvalue weighted by Gasteiger charge is 2.08. The molecule has 0 saturated carbocycles. The molecule has 0 unspecified atom stereocenters. The van der Waals surface area contributed by atoms with Crippen LogP contribution in [0.3, 0.4) is 0 Å². The van der Waals surface area contributed by atoms with E-state index in [1.54, 1.807) is 12.1 Å². The Labute approximate surface area is 93.2 Å². The molecule has 0 saturated heterocycles. The predicted molar refractivity (Wildman–Crippen MR) is 59.0 cm³/mol. The number of rotatable bonds is 1. The van der Waals surface area contributed by atoms with Crippen molar-refractivity contribution < 1.29 is 8.91 Å². The van der Waals surface area contributed by atoms with Gasteiger partial charge >= 0.3 is 0 Å². The van der Waals surface area contributed by atoms with Gasteiger partial charge in [-0.2, -0.15) is 0 Å². The minimum atomic E-state index is -0.273. The van der Waals surface area contributed by atoms with Crippen molar-refractivity contribution in [2.75, 3.05) is 5.73 Å². The Morgan fingerprint density at radius 2 is 2.14 bits per heavy atom. The molecule has 1 aromatic heterocycles. The zero-order valence-corrected chi connectivity index (χ0v) is 9.16. The summed E-state index contributed by atoms with van der Waals surface area (Å²) in [6.45, 7) is 0. The number of nitrogens with zero attached hydrogens (tertiary/aromatic N) is 1. The van der Waals surface area contributed by atoms with Crippen LogP contribution in [0, 0.1) is 9.39 Å². The molecular formula is C9H6FIN2O. The Balaban J connectivity index is 2.52. The van der Waals surface area contributed by atoms with Gasteiger partial charge in [0.2, 0.25) is 0 Å². The highest BCUT2D eigenvalue weighted by molar-refractivity contribution is 14.1. The van der Waals surface area contributed by atoms with Crippen molar-refractivity contribution >= 4 is 28.4 Å². The van der Waals surface area contributed by atoms with Gasteiger partial charge in [0.1, 0.15) is 5.82 Å². The van der Waals surface area contributed by atoms with Gasteiger partial charge in [0.15, 0.2) is 11.6 Å². The first-order chi connectivity index (χ1) is 6.66. The monoisotopic (exact) mass is 304 g/mol. The summed E-state index contributed by atoms with van der Waals surface area (Å²) in [6, 6.07) is 6.04. The third-order valence-corrected chi connectivity index (χ3v) is 2.62. The first kappa shape index (κ1) is 9.45. The highest BCUT2D eigenvalue weighted by atomic mass is 127. The van der Waals surface area contributed by atoms with Crippen molar-refractivity contribution in [2.24, 2.45) is 0 Å². The molecular weight excluding hydrogens is 298 g/mol. The number of hydrogen-bond donors (Lipinski definition) is 1. The molecule has 5 heteroatoms. The minimum absolute atomic E-state index is 0.273. The maximum Gasteiger partial charge on any atom is 0.170 e. The Kier molecular flexibility index (Phi) is 2.40. The molecule has 1 heterocycles. The molecule has 0 fully saturated rings. The van der Waals surface area contributed by atoms with Crippen LogP contribution in [0.25, 0.3) is 11.3 Å². The van der Waals surface area contributed by atoms with Crippen LogP contribution in [-0.4, -0.2) is 5.16 Å². The van der Waals surface area contributed by atoms with Gasteiger partial charge < -0.3 is 10.3 Å². The topological polar surface area (TPSA) is 52.0 Å². The second kappa shape index (κ2) is 3.56. The van der Waals surface area contributed by atoms with E-state index in [0.717, 1.165) is 9.13 Å². The third-order valence-electron chi connectivity index (χ3n) is 1.72. The van der Waals surface area contributed by atoms with Crippen molar-refractivity contribution in [1.29, 1.82) is 0 Å². The van der Waals surface area contributed by atoms with Gasteiger partial charge in [-0.15, -0.1) is 0 Å². The van der Waals surface area contributed by atoms with Gasteiger partial charge in [0, 0.05) is 15.2 Å². The Morgan fingerprint density at radius 3 is 2.71 bits per heavy atom. The third kappa shape index (κ3) is 1.72. The largest absolute Gasteiger partial charge is 0.381 e. The van der Waals surface area contributed by atoms with Gasteiger partial charge in [-0.1, -0.05) is 5.16 Å². The summed E-state index contributed by atoms with van der Waals surface area (Å²) in [6.07, 6.45) is 0. The zero-order valence-electron chi connectivity index (χ0n) is 7.00. The van der Waals surface area contributed by atoms with Crippen LogP contribution in [0.2, 0.25) is 0 Å². The normalized spacial score (nSPS) is 10.4. The molecule has 0 atom stereocenters. The van der Waals surface area contributed by atoms with E-state index < -0.39 is 0 Å². The van der Waals surface area contributed by atoms with Crippen molar-refractivity contribution in [3.8, 4) is 11.3 Å². The molecule has 14 heavy (non-hydrogen) atoms. The van der Waals surface area contributed by atoms with Crippen LogP contribution in [0.4, 0.5) is 10.2 Å². The van der Waals surface area contributed by atoms with E-state index >= 15 is 0 Å². The standard InChI is InChI=1S/C9H6FIN2O/c10-5-1-2-6(7(11)3-5)8-4-9(12)13-14-8/h1-4H,(H2,12,13). The number of anilines is 1. The van der Waals surface area contributed by atoms with E-state index in [2.05, 4.69) is 5.16 Å².